The number of nitrogens with one attached hydrogen (secondary N) is 1. The van der Waals surface area contributed by atoms with Crippen molar-refractivity contribution < 1.29 is 23.8 Å². The molecule has 42 heavy (non-hydrogen) atoms. The lowest BCUT2D eigenvalue weighted by molar-refractivity contribution is 0.00719. The second-order valence-corrected chi connectivity index (χ2v) is 13.0. The van der Waals surface area contributed by atoms with Crippen LogP contribution in [0.15, 0.2) is 41.0 Å². The van der Waals surface area contributed by atoms with Gasteiger partial charge in [0.1, 0.15) is 5.60 Å². The molecule has 0 spiro atoms. The van der Waals surface area contributed by atoms with Gasteiger partial charge in [0.2, 0.25) is 5.88 Å². The number of carbonyl (C=O) groups is 2. The van der Waals surface area contributed by atoms with Crippen molar-refractivity contribution in [2.24, 2.45) is 5.41 Å². The lowest BCUT2D eigenvalue weighted by atomic mass is 9.80. The van der Waals surface area contributed by atoms with E-state index >= 15 is 0 Å². The Bertz CT molecular complexity index is 1410. The fourth-order valence-corrected chi connectivity index (χ4v) is 6.29. The Morgan fingerprint density at radius 1 is 1.14 bits per heavy atom. The zero-order valence-corrected chi connectivity index (χ0v) is 27.2. The molecule has 0 unspecified atom stereocenters. The summed E-state index contributed by atoms with van der Waals surface area (Å²) in [4.78, 5) is 33.8. The Labute approximate surface area is 257 Å². The van der Waals surface area contributed by atoms with Crippen LogP contribution in [-0.4, -0.2) is 78.6 Å². The van der Waals surface area contributed by atoms with Gasteiger partial charge >= 0.3 is 6.09 Å². The summed E-state index contributed by atoms with van der Waals surface area (Å²) in [6.45, 7) is 15.2. The monoisotopic (exact) mass is 642 g/mol. The van der Waals surface area contributed by atoms with Gasteiger partial charge in [-0.25, -0.2) is 14.3 Å². The number of morpholine rings is 1. The molecule has 0 atom stereocenters. The molecule has 1 aliphatic rings. The zero-order chi connectivity index (χ0) is 30.5. The van der Waals surface area contributed by atoms with E-state index in [4.69, 9.17) is 14.2 Å². The number of hydrogen-bond acceptors (Lipinski definition) is 7. The molecule has 1 saturated heterocycles. The van der Waals surface area contributed by atoms with E-state index in [0.29, 0.717) is 51.0 Å². The molecule has 0 radical (unpaired) electrons. The first-order valence-electron chi connectivity index (χ1n) is 14.6. The predicted octanol–water partition coefficient (Wildman–Crippen LogP) is 6.52. The molecule has 9 nitrogen and oxygen atoms in total. The summed E-state index contributed by atoms with van der Waals surface area (Å²) in [7, 11) is 1.54. The second-order valence-electron chi connectivity index (χ2n) is 12.2. The molecule has 0 saturated carbocycles. The Kier molecular flexibility index (Phi) is 10.3. The molecule has 1 aliphatic heterocycles. The number of methoxy groups -OCH3 is 1. The van der Waals surface area contributed by atoms with E-state index in [1.54, 1.807) is 42.1 Å². The third kappa shape index (κ3) is 7.51. The minimum absolute atomic E-state index is 0.00295. The van der Waals surface area contributed by atoms with Crippen molar-refractivity contribution in [3.63, 3.8) is 0 Å². The Balaban J connectivity index is 1.65. The van der Waals surface area contributed by atoms with Crippen molar-refractivity contribution in [2.45, 2.75) is 59.5 Å². The van der Waals surface area contributed by atoms with Crippen LogP contribution in [0.1, 0.15) is 64.2 Å². The minimum atomic E-state index is -0.711. The second kappa shape index (κ2) is 13.6. The van der Waals surface area contributed by atoms with Gasteiger partial charge in [-0.15, -0.1) is 0 Å². The average molecular weight is 644 g/mol. The Hall–Kier alpha value is -2.95. The van der Waals surface area contributed by atoms with E-state index in [9.17, 15) is 9.59 Å². The van der Waals surface area contributed by atoms with Crippen molar-refractivity contribution in [1.29, 1.82) is 0 Å². The molecule has 0 aliphatic carbocycles. The third-order valence-electron chi connectivity index (χ3n) is 7.84. The lowest BCUT2D eigenvalue weighted by Crippen LogP contribution is -2.38. The first-order chi connectivity index (χ1) is 20.0. The number of halogens is 1. The topological polar surface area (TPSA) is 94.9 Å². The van der Waals surface area contributed by atoms with E-state index in [1.807, 2.05) is 19.9 Å². The number of rotatable bonds is 11. The molecule has 3 heterocycles. The quantitative estimate of drug-likeness (QED) is 0.238. The largest absolute Gasteiger partial charge is 0.481 e. The zero-order valence-electron chi connectivity index (χ0n) is 25.6. The van der Waals surface area contributed by atoms with Gasteiger partial charge < -0.3 is 19.5 Å². The standard InChI is InChI=1S/C32H43BrN4O5/c1-7-31(2,3)21-32(4,5)42-30(39)37-25-12-11-22(28(38)34-14-9-15-36-16-18-41-19-17-36)20-24(25)26(33)27(37)23-10-8-13-35-29(23)40-6/h8,10-13,20H,7,9,14-19,21H2,1-6H3,(H,34,38). The highest BCUT2D eigenvalue weighted by molar-refractivity contribution is 9.10. The van der Waals surface area contributed by atoms with Crippen LogP contribution in [-0.2, 0) is 9.47 Å². The summed E-state index contributed by atoms with van der Waals surface area (Å²) in [5.41, 5.74) is 1.59. The summed E-state index contributed by atoms with van der Waals surface area (Å²) in [6, 6.07) is 8.98. The van der Waals surface area contributed by atoms with E-state index in [-0.39, 0.29) is 11.3 Å². The summed E-state index contributed by atoms with van der Waals surface area (Å²) in [5.74, 6) is 0.212. The van der Waals surface area contributed by atoms with E-state index in [2.05, 4.69) is 51.9 Å². The van der Waals surface area contributed by atoms with Gasteiger partial charge in [-0.3, -0.25) is 9.69 Å². The Morgan fingerprint density at radius 2 is 1.88 bits per heavy atom. The molecular formula is C32H43BrN4O5. The van der Waals surface area contributed by atoms with Crippen LogP contribution in [0.3, 0.4) is 0 Å². The van der Waals surface area contributed by atoms with Gasteiger partial charge in [-0.2, -0.15) is 0 Å². The van der Waals surface area contributed by atoms with Crippen LogP contribution in [0.2, 0.25) is 0 Å². The van der Waals surface area contributed by atoms with Crippen LogP contribution in [0.4, 0.5) is 4.79 Å². The predicted molar refractivity (Wildman–Crippen MR) is 168 cm³/mol. The maximum atomic E-state index is 13.9. The van der Waals surface area contributed by atoms with E-state index < -0.39 is 11.7 Å². The summed E-state index contributed by atoms with van der Waals surface area (Å²) in [6.07, 6.45) is 3.64. The summed E-state index contributed by atoms with van der Waals surface area (Å²) in [5, 5.41) is 3.74. The van der Waals surface area contributed by atoms with Crippen LogP contribution in [0.5, 0.6) is 5.88 Å². The molecule has 10 heteroatoms. The lowest BCUT2D eigenvalue weighted by Gasteiger charge is -2.34. The van der Waals surface area contributed by atoms with Gasteiger partial charge in [0.05, 0.1) is 41.6 Å². The van der Waals surface area contributed by atoms with Gasteiger partial charge in [0.25, 0.3) is 5.91 Å². The third-order valence-corrected chi connectivity index (χ3v) is 8.64. The number of pyridine rings is 1. The molecule has 228 valence electrons. The SMILES string of the molecule is CCC(C)(C)CC(C)(C)OC(=O)n1c(-c2cccnc2OC)c(Br)c2cc(C(=O)NCCCN3CCOCC3)ccc21. The van der Waals surface area contributed by atoms with Crippen molar-refractivity contribution in [1.82, 2.24) is 19.8 Å². The molecule has 2 aromatic heterocycles. The van der Waals surface area contributed by atoms with Gasteiger partial charge in [-0.05, 0) is 84.9 Å². The van der Waals surface area contributed by atoms with E-state index in [1.165, 1.54) is 0 Å². The smallest absolute Gasteiger partial charge is 0.419 e. The molecule has 1 aromatic carbocycles. The molecule has 3 aromatic rings. The minimum Gasteiger partial charge on any atom is -0.481 e. The van der Waals surface area contributed by atoms with Crippen LogP contribution in [0.25, 0.3) is 22.2 Å². The highest BCUT2D eigenvalue weighted by atomic mass is 79.9. The van der Waals surface area contributed by atoms with Crippen molar-refractivity contribution in [2.75, 3.05) is 46.5 Å². The normalized spacial score (nSPS) is 14.6. The number of ether oxygens (including phenoxy) is 3. The van der Waals surface area contributed by atoms with Crippen LogP contribution >= 0.6 is 15.9 Å². The first-order valence-corrected chi connectivity index (χ1v) is 15.4. The molecule has 4 rings (SSSR count). The number of fused-ring (bicyclic) bond motifs is 1. The highest BCUT2D eigenvalue weighted by Crippen LogP contribution is 2.42. The summed E-state index contributed by atoms with van der Waals surface area (Å²) < 4.78 is 19.3. The fraction of sp³-hybridized carbons (Fsp3) is 0.531. The number of amides is 1. The van der Waals surface area contributed by atoms with Gasteiger partial charge in [-0.1, -0.05) is 27.2 Å². The maximum absolute atomic E-state index is 13.9. The van der Waals surface area contributed by atoms with Crippen molar-refractivity contribution in [3.8, 4) is 17.1 Å². The number of aromatic nitrogens is 2. The van der Waals surface area contributed by atoms with E-state index in [0.717, 1.165) is 45.7 Å². The fourth-order valence-electron chi connectivity index (χ4n) is 5.58. The Morgan fingerprint density at radius 3 is 2.57 bits per heavy atom. The van der Waals surface area contributed by atoms with Crippen LogP contribution < -0.4 is 10.1 Å². The molecule has 0 bridgehead atoms. The molecular weight excluding hydrogens is 600 g/mol. The molecule has 1 amide bonds. The van der Waals surface area contributed by atoms with Gasteiger partial charge in [0, 0.05) is 36.8 Å². The van der Waals surface area contributed by atoms with Crippen molar-refractivity contribution >= 4 is 38.8 Å². The van der Waals surface area contributed by atoms with Crippen LogP contribution in [0, 0.1) is 5.41 Å². The van der Waals surface area contributed by atoms with Gasteiger partial charge in [0.15, 0.2) is 0 Å². The average Bonchev–Trinajstić information content (AvgIpc) is 3.26. The molecule has 1 fully saturated rings. The molecule has 1 N–H and O–H groups in total. The number of hydrogen-bond donors (Lipinski definition) is 1. The van der Waals surface area contributed by atoms with Crippen molar-refractivity contribution in [3.05, 3.63) is 46.6 Å². The number of carbonyl (C=O) groups excluding carboxylic acids is 2. The summed E-state index contributed by atoms with van der Waals surface area (Å²) >= 11 is 3.74. The maximum Gasteiger partial charge on any atom is 0.419 e. The highest BCUT2D eigenvalue weighted by Gasteiger charge is 2.33. The first kappa shape index (κ1) is 32.0. The number of nitrogens with zero attached hydrogens (tertiary/aromatic N) is 3. The number of benzene rings is 1.